The van der Waals surface area contributed by atoms with Gasteiger partial charge in [0, 0.05) is 24.4 Å². The standard InChI is InChI=1S/C19H17FN2O5/c1-26-18(24)13-5-3-4-8-22(17(13)19(25)27-2)12-9-11-6-7-15(23)21-16(11)14(20)10-12/h3-5,8-10H,6-7H2,1-2H3,(H,21,23). The van der Waals surface area contributed by atoms with Gasteiger partial charge in [-0.1, -0.05) is 6.08 Å². The van der Waals surface area contributed by atoms with Crippen LogP contribution in [-0.2, 0) is 30.3 Å². The third-order valence-electron chi connectivity index (χ3n) is 4.21. The third kappa shape index (κ3) is 3.46. The van der Waals surface area contributed by atoms with Crippen LogP contribution in [0.3, 0.4) is 0 Å². The Morgan fingerprint density at radius 2 is 1.85 bits per heavy atom. The molecule has 0 radical (unpaired) electrons. The highest BCUT2D eigenvalue weighted by atomic mass is 19.1. The summed E-state index contributed by atoms with van der Waals surface area (Å²) in [5.74, 6) is -2.40. The van der Waals surface area contributed by atoms with Gasteiger partial charge in [-0.3, -0.25) is 4.79 Å². The van der Waals surface area contributed by atoms with Crippen molar-refractivity contribution in [1.82, 2.24) is 0 Å². The van der Waals surface area contributed by atoms with E-state index in [9.17, 15) is 18.8 Å². The normalized spacial score (nSPS) is 15.8. The van der Waals surface area contributed by atoms with E-state index in [2.05, 4.69) is 5.32 Å². The first-order valence-corrected chi connectivity index (χ1v) is 8.13. The highest BCUT2D eigenvalue weighted by Gasteiger charge is 2.29. The molecule has 1 aromatic rings. The number of hydrogen-bond acceptors (Lipinski definition) is 6. The molecule has 1 aromatic carbocycles. The molecule has 0 saturated heterocycles. The van der Waals surface area contributed by atoms with Gasteiger partial charge in [-0.05, 0) is 30.2 Å². The predicted octanol–water partition coefficient (Wildman–Crippen LogP) is 2.20. The SMILES string of the molecule is COC(=O)C1=C(C(=O)OC)N(c2cc(F)c3c(c2)CCC(=O)N3)C=CC=C1. The molecule has 0 fully saturated rings. The Hall–Kier alpha value is -3.42. The number of aryl methyl sites for hydroxylation is 1. The topological polar surface area (TPSA) is 84.9 Å². The van der Waals surface area contributed by atoms with Crippen molar-refractivity contribution in [3.63, 3.8) is 0 Å². The van der Waals surface area contributed by atoms with E-state index in [1.165, 1.54) is 37.5 Å². The molecule has 0 bridgehead atoms. The van der Waals surface area contributed by atoms with E-state index in [0.29, 0.717) is 17.7 Å². The largest absolute Gasteiger partial charge is 0.465 e. The summed E-state index contributed by atoms with van der Waals surface area (Å²) in [4.78, 5) is 37.4. The van der Waals surface area contributed by atoms with E-state index in [4.69, 9.17) is 9.47 Å². The van der Waals surface area contributed by atoms with Crippen molar-refractivity contribution in [2.24, 2.45) is 0 Å². The van der Waals surface area contributed by atoms with Crippen LogP contribution >= 0.6 is 0 Å². The molecule has 0 spiro atoms. The van der Waals surface area contributed by atoms with Crippen molar-refractivity contribution in [2.75, 3.05) is 24.4 Å². The number of benzene rings is 1. The van der Waals surface area contributed by atoms with E-state index in [1.807, 2.05) is 0 Å². The summed E-state index contributed by atoms with van der Waals surface area (Å²) in [7, 11) is 2.38. The predicted molar refractivity (Wildman–Crippen MR) is 95.2 cm³/mol. The maximum absolute atomic E-state index is 14.6. The zero-order valence-electron chi connectivity index (χ0n) is 14.7. The first-order valence-electron chi connectivity index (χ1n) is 8.13. The van der Waals surface area contributed by atoms with Crippen molar-refractivity contribution >= 4 is 29.2 Å². The molecule has 0 aliphatic carbocycles. The maximum atomic E-state index is 14.6. The molecule has 0 saturated carbocycles. The number of amides is 1. The van der Waals surface area contributed by atoms with Crippen LogP contribution in [0.25, 0.3) is 0 Å². The molecule has 2 aliphatic heterocycles. The highest BCUT2D eigenvalue weighted by Crippen LogP contribution is 2.34. The monoisotopic (exact) mass is 372 g/mol. The van der Waals surface area contributed by atoms with Crippen molar-refractivity contribution in [3.05, 3.63) is 59.2 Å². The van der Waals surface area contributed by atoms with Crippen LogP contribution in [0.4, 0.5) is 15.8 Å². The van der Waals surface area contributed by atoms with Gasteiger partial charge in [-0.2, -0.15) is 0 Å². The number of esters is 2. The average molecular weight is 372 g/mol. The molecule has 1 N–H and O–H groups in total. The second-order valence-corrected chi connectivity index (χ2v) is 5.83. The van der Waals surface area contributed by atoms with Crippen LogP contribution in [-0.4, -0.2) is 32.1 Å². The maximum Gasteiger partial charge on any atom is 0.355 e. The lowest BCUT2D eigenvalue weighted by Gasteiger charge is -2.25. The van der Waals surface area contributed by atoms with E-state index >= 15 is 0 Å². The minimum absolute atomic E-state index is 0.0271. The zero-order valence-corrected chi connectivity index (χ0v) is 14.7. The lowest BCUT2D eigenvalue weighted by molar-refractivity contribution is -0.139. The molecule has 27 heavy (non-hydrogen) atoms. The molecule has 3 rings (SSSR count). The number of nitrogens with zero attached hydrogens (tertiary/aromatic N) is 1. The van der Waals surface area contributed by atoms with Crippen LogP contribution in [0.2, 0.25) is 0 Å². The van der Waals surface area contributed by atoms with Gasteiger partial charge >= 0.3 is 11.9 Å². The highest BCUT2D eigenvalue weighted by molar-refractivity contribution is 6.05. The number of carbonyl (C=O) groups is 3. The summed E-state index contributed by atoms with van der Waals surface area (Å²) < 4.78 is 24.2. The Kier molecular flexibility index (Phi) is 5.07. The van der Waals surface area contributed by atoms with Crippen molar-refractivity contribution in [1.29, 1.82) is 0 Å². The molecule has 2 aliphatic rings. The number of ether oxygens (including phenoxy) is 2. The second-order valence-electron chi connectivity index (χ2n) is 5.83. The van der Waals surface area contributed by atoms with Crippen LogP contribution in [0.5, 0.6) is 0 Å². The molecule has 8 heteroatoms. The number of allylic oxidation sites excluding steroid dienone is 2. The summed E-state index contributed by atoms with van der Waals surface area (Å²) >= 11 is 0. The average Bonchev–Trinajstić information content (AvgIpc) is 2.90. The number of anilines is 2. The number of hydrogen-bond donors (Lipinski definition) is 1. The van der Waals surface area contributed by atoms with Crippen molar-refractivity contribution < 1.29 is 28.2 Å². The molecule has 140 valence electrons. The van der Waals surface area contributed by atoms with Gasteiger partial charge in [0.1, 0.15) is 11.5 Å². The Labute approximate surface area is 154 Å². The Bertz CT molecular complexity index is 917. The second kappa shape index (κ2) is 7.45. The van der Waals surface area contributed by atoms with Crippen molar-refractivity contribution in [3.8, 4) is 0 Å². The smallest absolute Gasteiger partial charge is 0.355 e. The minimum atomic E-state index is -0.780. The molecular formula is C19H17FN2O5. The molecule has 1 amide bonds. The third-order valence-corrected chi connectivity index (χ3v) is 4.21. The van der Waals surface area contributed by atoms with Gasteiger partial charge in [-0.15, -0.1) is 0 Å². The number of nitrogens with one attached hydrogen (secondary N) is 1. The molecular weight excluding hydrogens is 355 g/mol. The van der Waals surface area contributed by atoms with E-state index < -0.39 is 17.8 Å². The number of methoxy groups -OCH3 is 2. The quantitative estimate of drug-likeness (QED) is 0.819. The Morgan fingerprint density at radius 3 is 2.56 bits per heavy atom. The van der Waals surface area contributed by atoms with Crippen LogP contribution in [0.15, 0.2) is 47.8 Å². The lowest BCUT2D eigenvalue weighted by atomic mass is 10.0. The summed E-state index contributed by atoms with van der Waals surface area (Å²) in [5.41, 5.74) is 0.904. The van der Waals surface area contributed by atoms with Gasteiger partial charge in [-0.25, -0.2) is 14.0 Å². The molecule has 7 nitrogen and oxygen atoms in total. The van der Waals surface area contributed by atoms with Gasteiger partial charge in [0.15, 0.2) is 0 Å². The Balaban J connectivity index is 2.16. The van der Waals surface area contributed by atoms with Crippen molar-refractivity contribution in [2.45, 2.75) is 12.8 Å². The van der Waals surface area contributed by atoms with Crippen LogP contribution < -0.4 is 10.2 Å². The fraction of sp³-hybridized carbons (Fsp3) is 0.211. The molecule has 0 unspecified atom stereocenters. The van der Waals surface area contributed by atoms with E-state index in [1.54, 1.807) is 18.2 Å². The van der Waals surface area contributed by atoms with Crippen LogP contribution in [0.1, 0.15) is 12.0 Å². The van der Waals surface area contributed by atoms with E-state index in [-0.39, 0.29) is 29.3 Å². The lowest BCUT2D eigenvalue weighted by Crippen LogP contribution is -2.27. The molecule has 0 atom stereocenters. The summed E-state index contributed by atoms with van der Waals surface area (Å²) in [5, 5.41) is 2.51. The van der Waals surface area contributed by atoms with Gasteiger partial charge < -0.3 is 19.7 Å². The number of fused-ring (bicyclic) bond motifs is 1. The summed E-state index contributed by atoms with van der Waals surface area (Å²) in [6.45, 7) is 0. The minimum Gasteiger partial charge on any atom is -0.465 e. The first kappa shape index (κ1) is 18.4. The zero-order chi connectivity index (χ0) is 19.6. The van der Waals surface area contributed by atoms with Gasteiger partial charge in [0.25, 0.3) is 0 Å². The fourth-order valence-electron chi connectivity index (χ4n) is 2.94. The first-order chi connectivity index (χ1) is 13.0. The molecule has 0 aromatic heterocycles. The van der Waals surface area contributed by atoms with Crippen LogP contribution in [0, 0.1) is 5.82 Å². The molecule has 2 heterocycles. The summed E-state index contributed by atoms with van der Waals surface area (Å²) in [6.07, 6.45) is 6.69. The fourth-order valence-corrected chi connectivity index (χ4v) is 2.94. The number of rotatable bonds is 3. The Morgan fingerprint density at radius 1 is 1.11 bits per heavy atom. The number of carbonyl (C=O) groups excluding carboxylic acids is 3. The van der Waals surface area contributed by atoms with Gasteiger partial charge in [0.05, 0.1) is 25.5 Å². The number of halogens is 1. The van der Waals surface area contributed by atoms with E-state index in [0.717, 1.165) is 0 Å². The van der Waals surface area contributed by atoms with Gasteiger partial charge in [0.2, 0.25) is 5.91 Å². The summed E-state index contributed by atoms with van der Waals surface area (Å²) in [6, 6.07) is 2.84.